The Kier molecular flexibility index (Phi) is 4.96. The van der Waals surface area contributed by atoms with Gasteiger partial charge in [-0.05, 0) is 81.3 Å². The average Bonchev–Trinajstić information content (AvgIpc) is 3.40. The second-order valence-electron chi connectivity index (χ2n) is 10.6. The lowest BCUT2D eigenvalue weighted by Crippen LogP contribution is -2.56. The van der Waals surface area contributed by atoms with Gasteiger partial charge < -0.3 is 9.64 Å². The molecule has 8 heteroatoms. The number of hydrogen-bond donors (Lipinski definition) is 0. The van der Waals surface area contributed by atoms with E-state index in [0.717, 1.165) is 30.3 Å². The van der Waals surface area contributed by atoms with Crippen LogP contribution in [-0.4, -0.2) is 38.9 Å². The van der Waals surface area contributed by atoms with E-state index in [1.807, 2.05) is 0 Å². The Hall–Kier alpha value is -2.51. The number of alkyl halides is 2. The van der Waals surface area contributed by atoms with Crippen LogP contribution in [0.2, 0.25) is 0 Å². The average molecular weight is 458 g/mol. The van der Waals surface area contributed by atoms with Crippen molar-refractivity contribution in [1.82, 2.24) is 14.5 Å². The van der Waals surface area contributed by atoms with Crippen molar-refractivity contribution in [2.24, 2.45) is 23.2 Å². The van der Waals surface area contributed by atoms with Crippen LogP contribution in [0.25, 0.3) is 11.0 Å². The summed E-state index contributed by atoms with van der Waals surface area (Å²) in [6.45, 7) is -2.56. The lowest BCUT2D eigenvalue weighted by Gasteiger charge is -2.56. The van der Waals surface area contributed by atoms with Gasteiger partial charge in [0.05, 0.1) is 16.4 Å². The van der Waals surface area contributed by atoms with E-state index in [9.17, 15) is 18.4 Å². The molecule has 2 aromatic rings. The number of carbonyl (C=O) groups excluding carboxylic acids is 2. The molecule has 1 saturated heterocycles. The summed E-state index contributed by atoms with van der Waals surface area (Å²) in [6, 6.07) is 6.00. The molecule has 5 aliphatic rings. The number of likely N-dealkylation sites (tertiary alicyclic amines) is 1. The maximum atomic E-state index is 13.8. The molecule has 4 bridgehead atoms. The first-order chi connectivity index (χ1) is 15.9. The van der Waals surface area contributed by atoms with Crippen molar-refractivity contribution < 1.29 is 23.1 Å². The van der Waals surface area contributed by atoms with Crippen molar-refractivity contribution in [1.29, 1.82) is 0 Å². The summed E-state index contributed by atoms with van der Waals surface area (Å²) in [5.41, 5.74) is 0.433. The minimum atomic E-state index is -2.79. The highest BCUT2D eigenvalue weighted by Gasteiger charge is 2.57. The van der Waals surface area contributed by atoms with E-state index in [1.165, 1.54) is 19.3 Å². The van der Waals surface area contributed by atoms with Gasteiger partial charge in [0.15, 0.2) is 5.82 Å². The Bertz CT molecular complexity index is 1060. The van der Waals surface area contributed by atoms with Crippen molar-refractivity contribution in [3.8, 4) is 0 Å². The van der Waals surface area contributed by atoms with Crippen LogP contribution in [0.3, 0.4) is 0 Å². The maximum absolute atomic E-state index is 13.8. The maximum Gasteiger partial charge on any atom is 0.329 e. The standard InChI is InChI=1S/C25H29F2N3O3/c26-24(27)30-19-5-2-1-4-18(19)28-21(30)14-33-22(31)20-6-3-7-29(20)23(32)25-11-15-8-16(12-25)10-17(9-15)13-25/h1-2,4-5,15-17,20,24H,3,6-14H2. The van der Waals surface area contributed by atoms with E-state index in [-0.39, 0.29) is 23.8 Å². The molecule has 1 aromatic carbocycles. The van der Waals surface area contributed by atoms with Crippen molar-refractivity contribution in [2.75, 3.05) is 6.54 Å². The number of amides is 1. The third kappa shape index (κ3) is 3.44. The molecular weight excluding hydrogens is 428 g/mol. The molecule has 6 nitrogen and oxygen atoms in total. The number of esters is 1. The topological polar surface area (TPSA) is 64.4 Å². The molecular formula is C25H29F2N3O3. The summed E-state index contributed by atoms with van der Waals surface area (Å²) in [7, 11) is 0. The molecule has 2 heterocycles. The summed E-state index contributed by atoms with van der Waals surface area (Å²) < 4.78 is 33.6. The summed E-state index contributed by atoms with van der Waals surface area (Å²) in [5.74, 6) is 1.57. The fraction of sp³-hybridized carbons (Fsp3) is 0.640. The Labute approximate surface area is 191 Å². The molecule has 1 unspecified atom stereocenters. The second-order valence-corrected chi connectivity index (χ2v) is 10.6. The number of carbonyl (C=O) groups is 2. The quantitative estimate of drug-likeness (QED) is 0.612. The van der Waals surface area contributed by atoms with Gasteiger partial charge in [0, 0.05) is 6.54 Å². The van der Waals surface area contributed by atoms with Crippen molar-refractivity contribution in [3.05, 3.63) is 30.1 Å². The zero-order valence-electron chi connectivity index (χ0n) is 18.6. The molecule has 0 N–H and O–H groups in total. The number of imidazole rings is 1. The van der Waals surface area contributed by atoms with Gasteiger partial charge in [-0.3, -0.25) is 9.36 Å². The SMILES string of the molecule is O=C(OCc1nc2ccccc2n1C(F)F)C1CCCN1C(=O)C12CC3CC(CC(C3)C1)C2. The van der Waals surface area contributed by atoms with Gasteiger partial charge in [0.25, 0.3) is 0 Å². The molecule has 0 radical (unpaired) electrons. The van der Waals surface area contributed by atoms with Crippen molar-refractivity contribution in [2.45, 2.75) is 70.6 Å². The summed E-state index contributed by atoms with van der Waals surface area (Å²) in [6.07, 6.45) is 7.93. The molecule has 176 valence electrons. The smallest absolute Gasteiger partial charge is 0.329 e. The van der Waals surface area contributed by atoms with E-state index < -0.39 is 18.6 Å². The Balaban J connectivity index is 1.18. The number of benzene rings is 1. The molecule has 0 spiro atoms. The Morgan fingerprint density at radius 3 is 2.42 bits per heavy atom. The zero-order valence-corrected chi connectivity index (χ0v) is 18.6. The molecule has 5 fully saturated rings. The van der Waals surface area contributed by atoms with Gasteiger partial charge in [-0.25, -0.2) is 9.78 Å². The number of aromatic nitrogens is 2. The summed E-state index contributed by atoms with van der Waals surface area (Å²) in [4.78, 5) is 32.7. The molecule has 1 aliphatic heterocycles. The summed E-state index contributed by atoms with van der Waals surface area (Å²) >= 11 is 0. The van der Waals surface area contributed by atoms with Crippen LogP contribution >= 0.6 is 0 Å². The van der Waals surface area contributed by atoms with Crippen LogP contribution in [0.1, 0.15) is 63.7 Å². The van der Waals surface area contributed by atoms with Crippen LogP contribution in [-0.2, 0) is 20.9 Å². The first kappa shape index (κ1) is 21.1. The largest absolute Gasteiger partial charge is 0.456 e. The van der Waals surface area contributed by atoms with Gasteiger partial charge in [0.2, 0.25) is 5.91 Å². The highest BCUT2D eigenvalue weighted by molar-refractivity contribution is 5.89. The zero-order chi connectivity index (χ0) is 22.7. The molecule has 1 aromatic heterocycles. The van der Waals surface area contributed by atoms with E-state index in [4.69, 9.17) is 4.74 Å². The lowest BCUT2D eigenvalue weighted by molar-refractivity contribution is -0.166. The molecule has 1 atom stereocenters. The Morgan fingerprint density at radius 1 is 1.09 bits per heavy atom. The molecule has 7 rings (SSSR count). The second kappa shape index (κ2) is 7.77. The van der Waals surface area contributed by atoms with Gasteiger partial charge in [-0.1, -0.05) is 12.1 Å². The minimum Gasteiger partial charge on any atom is -0.456 e. The van der Waals surface area contributed by atoms with E-state index >= 15 is 0 Å². The minimum absolute atomic E-state index is 0.0107. The van der Waals surface area contributed by atoms with Gasteiger partial charge >= 0.3 is 12.5 Å². The first-order valence-electron chi connectivity index (χ1n) is 12.2. The predicted molar refractivity (Wildman–Crippen MR) is 116 cm³/mol. The van der Waals surface area contributed by atoms with E-state index in [1.54, 1.807) is 29.2 Å². The molecule has 4 saturated carbocycles. The first-order valence-corrected chi connectivity index (χ1v) is 12.2. The number of ether oxygens (including phenoxy) is 1. The normalized spacial score (nSPS) is 32.8. The molecule has 1 amide bonds. The number of rotatable bonds is 5. The lowest BCUT2D eigenvalue weighted by atomic mass is 9.49. The van der Waals surface area contributed by atoms with Crippen molar-refractivity contribution in [3.63, 3.8) is 0 Å². The monoisotopic (exact) mass is 457 g/mol. The number of fused-ring (bicyclic) bond motifs is 1. The van der Waals surface area contributed by atoms with Crippen molar-refractivity contribution >= 4 is 22.9 Å². The fourth-order valence-corrected chi connectivity index (χ4v) is 7.58. The van der Waals surface area contributed by atoms with Gasteiger partial charge in [-0.15, -0.1) is 0 Å². The van der Waals surface area contributed by atoms with E-state index in [2.05, 4.69) is 4.98 Å². The van der Waals surface area contributed by atoms with Crippen LogP contribution in [0.5, 0.6) is 0 Å². The molecule has 33 heavy (non-hydrogen) atoms. The fourth-order valence-electron chi connectivity index (χ4n) is 7.58. The van der Waals surface area contributed by atoms with Crippen LogP contribution in [0.15, 0.2) is 24.3 Å². The van der Waals surface area contributed by atoms with Gasteiger partial charge in [0.1, 0.15) is 12.6 Å². The highest BCUT2D eigenvalue weighted by Crippen LogP contribution is 2.60. The molecule has 4 aliphatic carbocycles. The number of hydrogen-bond acceptors (Lipinski definition) is 4. The summed E-state index contributed by atoms with van der Waals surface area (Å²) in [5, 5.41) is 0. The third-order valence-electron chi connectivity index (χ3n) is 8.49. The van der Waals surface area contributed by atoms with Crippen LogP contribution < -0.4 is 0 Å². The Morgan fingerprint density at radius 2 is 1.76 bits per heavy atom. The highest BCUT2D eigenvalue weighted by atomic mass is 19.3. The van der Waals surface area contributed by atoms with Crippen LogP contribution in [0.4, 0.5) is 8.78 Å². The number of halogens is 2. The van der Waals surface area contributed by atoms with Crippen LogP contribution in [0, 0.1) is 23.2 Å². The number of para-hydroxylation sites is 2. The third-order valence-corrected chi connectivity index (χ3v) is 8.49. The predicted octanol–water partition coefficient (Wildman–Crippen LogP) is 4.68. The van der Waals surface area contributed by atoms with Gasteiger partial charge in [-0.2, -0.15) is 8.78 Å². The number of nitrogens with zero attached hydrogens (tertiary/aromatic N) is 3. The van der Waals surface area contributed by atoms with E-state index in [0.29, 0.717) is 41.8 Å².